The molecule has 1 aromatic rings. The predicted octanol–water partition coefficient (Wildman–Crippen LogP) is -0.460. The van der Waals surface area contributed by atoms with Crippen LogP contribution in [0.25, 0.3) is 0 Å². The largest absolute Gasteiger partial charge is 0.477 e. The van der Waals surface area contributed by atoms with Gasteiger partial charge in [-0.2, -0.15) is 21.6 Å². The number of nitrogens with one attached hydrogen (secondary N) is 2. The van der Waals surface area contributed by atoms with Crippen LogP contribution >= 0.6 is 35.3 Å². The van der Waals surface area contributed by atoms with Gasteiger partial charge in [-0.25, -0.2) is 9.89 Å². The second-order valence-corrected chi connectivity index (χ2v) is 11.3. The van der Waals surface area contributed by atoms with Gasteiger partial charge < -0.3 is 10.4 Å². The molecule has 182 valence electrons. The summed E-state index contributed by atoms with van der Waals surface area (Å²) in [5.74, 6) is -5.51. The number of aromatic nitrogens is 4. The van der Waals surface area contributed by atoms with Crippen molar-refractivity contribution in [2.45, 2.75) is 27.3 Å². The molecule has 0 bridgehead atoms. The van der Waals surface area contributed by atoms with E-state index in [1.54, 1.807) is 0 Å². The van der Waals surface area contributed by atoms with Crippen LogP contribution in [0.15, 0.2) is 16.4 Å². The summed E-state index contributed by atoms with van der Waals surface area (Å²) in [4.78, 5) is 37.1. The fraction of sp³-hybridized carbons (Fsp3) is 0.538. The van der Waals surface area contributed by atoms with Crippen molar-refractivity contribution in [2.75, 3.05) is 17.3 Å². The van der Waals surface area contributed by atoms with E-state index in [1.807, 2.05) is 0 Å². The van der Waals surface area contributed by atoms with Crippen molar-refractivity contribution >= 4 is 63.2 Å². The van der Waals surface area contributed by atoms with Gasteiger partial charge in [0.1, 0.15) is 17.1 Å². The molecule has 3 heterocycles. The van der Waals surface area contributed by atoms with Gasteiger partial charge in [0.2, 0.25) is 11.1 Å². The Hall–Kier alpha value is -2.03. The molecule has 0 saturated carbocycles. The molecule has 2 amide bonds. The van der Waals surface area contributed by atoms with E-state index < -0.39 is 79.0 Å². The number of amides is 2. The first-order valence-electron chi connectivity index (χ1n) is 8.53. The first-order valence-corrected chi connectivity index (χ1v) is 13.1. The van der Waals surface area contributed by atoms with E-state index in [9.17, 15) is 45.6 Å². The molecule has 2 aliphatic heterocycles. The van der Waals surface area contributed by atoms with Crippen molar-refractivity contribution in [3.05, 3.63) is 11.3 Å². The average molecular weight is 551 g/mol. The van der Waals surface area contributed by atoms with E-state index in [0.29, 0.717) is 11.8 Å². The molecule has 0 aliphatic carbocycles. The number of halogens is 3. The van der Waals surface area contributed by atoms with Gasteiger partial charge in [-0.3, -0.25) is 19.0 Å². The molecule has 13 nitrogen and oxygen atoms in total. The molecule has 20 heteroatoms. The van der Waals surface area contributed by atoms with Crippen LogP contribution in [-0.4, -0.2) is 101 Å². The van der Waals surface area contributed by atoms with Gasteiger partial charge in [0.05, 0.1) is 16.8 Å². The Kier molecular flexibility index (Phi) is 7.51. The summed E-state index contributed by atoms with van der Waals surface area (Å²) in [5, 5.41) is 22.4. The SMILES string of the molecule is O=C(CSC(F)(F)F)NC1C(=O)N2C(C(=O)O)=C(C(CS(=O)(=O)O)Sc3nnn[nH]3)CS[C@@H]12. The Bertz CT molecular complexity index is 1080. The number of aliphatic carboxylic acids is 1. The number of fused-ring (bicyclic) bond motifs is 1. The first kappa shape index (κ1) is 25.6. The van der Waals surface area contributed by atoms with Gasteiger partial charge in [-0.15, -0.1) is 16.9 Å². The van der Waals surface area contributed by atoms with Crippen molar-refractivity contribution < 1.29 is 45.6 Å². The second-order valence-electron chi connectivity index (χ2n) is 6.43. The second kappa shape index (κ2) is 9.68. The number of H-pyrrole nitrogens is 1. The minimum atomic E-state index is -4.64. The molecule has 1 saturated heterocycles. The molecule has 0 spiro atoms. The number of thioether (sulfide) groups is 3. The van der Waals surface area contributed by atoms with E-state index in [2.05, 4.69) is 25.9 Å². The Morgan fingerprint density at radius 2 is 2.09 bits per heavy atom. The Morgan fingerprint density at radius 1 is 1.39 bits per heavy atom. The summed E-state index contributed by atoms with van der Waals surface area (Å²) in [7, 11) is -4.59. The van der Waals surface area contributed by atoms with Gasteiger partial charge in [-0.05, 0) is 27.8 Å². The lowest BCUT2D eigenvalue weighted by molar-refractivity contribution is -0.150. The monoisotopic (exact) mass is 550 g/mol. The van der Waals surface area contributed by atoms with Gasteiger partial charge in [0.25, 0.3) is 16.0 Å². The number of carboxylic acids is 1. The quantitative estimate of drug-likeness (QED) is 0.175. The van der Waals surface area contributed by atoms with Crippen molar-refractivity contribution in [2.24, 2.45) is 0 Å². The zero-order chi connectivity index (χ0) is 24.6. The molecule has 33 heavy (non-hydrogen) atoms. The normalized spacial score (nSPS) is 21.9. The molecule has 3 rings (SSSR count). The fourth-order valence-electron chi connectivity index (χ4n) is 2.98. The van der Waals surface area contributed by atoms with E-state index in [4.69, 9.17) is 0 Å². The molecule has 2 unspecified atom stereocenters. The number of carbonyl (C=O) groups is 3. The van der Waals surface area contributed by atoms with E-state index in [1.165, 1.54) is 0 Å². The standard InChI is InChI=1S/C13H13F3N6O7S4/c14-13(15,16)31-2-6(23)17-7-9(24)22-8(11(25)26)4(1-30-10(7)22)5(3-33(27,28)29)32-12-18-20-21-19-12/h5,7,10H,1-3H2,(H,17,23)(H,25,26)(H,27,28,29)(H,18,19,20,21)/t5?,7?,10-/m0/s1. The van der Waals surface area contributed by atoms with E-state index >= 15 is 0 Å². The molecule has 4 N–H and O–H groups in total. The lowest BCUT2D eigenvalue weighted by atomic mass is 10.0. The summed E-state index contributed by atoms with van der Waals surface area (Å²) in [6.07, 6.45) is 0. The van der Waals surface area contributed by atoms with Crippen LogP contribution in [0.3, 0.4) is 0 Å². The summed E-state index contributed by atoms with van der Waals surface area (Å²) in [6.45, 7) is 0. The molecule has 1 aromatic heterocycles. The predicted molar refractivity (Wildman–Crippen MR) is 108 cm³/mol. The van der Waals surface area contributed by atoms with Gasteiger partial charge in [0, 0.05) is 5.75 Å². The van der Waals surface area contributed by atoms with Crippen LogP contribution in [0.4, 0.5) is 13.2 Å². The summed E-state index contributed by atoms with van der Waals surface area (Å²) >= 11 is 1.11. The number of nitrogens with zero attached hydrogens (tertiary/aromatic N) is 4. The van der Waals surface area contributed by atoms with Gasteiger partial charge in [-0.1, -0.05) is 11.8 Å². The highest BCUT2D eigenvalue weighted by molar-refractivity contribution is 8.02. The lowest BCUT2D eigenvalue weighted by Gasteiger charge is -2.50. The Morgan fingerprint density at radius 3 is 2.64 bits per heavy atom. The van der Waals surface area contributed by atoms with Gasteiger partial charge in [0.15, 0.2) is 0 Å². The topological polar surface area (TPSA) is 196 Å². The van der Waals surface area contributed by atoms with Crippen LogP contribution < -0.4 is 5.32 Å². The number of β-lactam (4-membered cyclic amide) rings is 1. The highest BCUT2D eigenvalue weighted by Crippen LogP contribution is 2.44. The van der Waals surface area contributed by atoms with Crippen molar-refractivity contribution in [1.82, 2.24) is 30.8 Å². The molecule has 3 atom stereocenters. The maximum atomic E-state index is 12.6. The maximum Gasteiger partial charge on any atom is 0.442 e. The van der Waals surface area contributed by atoms with Crippen molar-refractivity contribution in [3.8, 4) is 0 Å². The molecule has 0 radical (unpaired) electrons. The summed E-state index contributed by atoms with van der Waals surface area (Å²) in [6, 6.07) is -1.25. The third-order valence-corrected chi connectivity index (χ3v) is 8.35. The minimum absolute atomic E-state index is 0.0199. The maximum absolute atomic E-state index is 12.6. The van der Waals surface area contributed by atoms with Crippen LogP contribution in [-0.2, 0) is 24.5 Å². The van der Waals surface area contributed by atoms with Crippen LogP contribution in [0, 0.1) is 0 Å². The third kappa shape index (κ3) is 6.31. The summed E-state index contributed by atoms with van der Waals surface area (Å²) in [5.41, 5.74) is -5.21. The van der Waals surface area contributed by atoms with E-state index in [-0.39, 0.29) is 16.5 Å². The number of tetrazole rings is 1. The molecular weight excluding hydrogens is 537 g/mol. The minimum Gasteiger partial charge on any atom is -0.477 e. The summed E-state index contributed by atoms with van der Waals surface area (Å²) < 4.78 is 69.1. The zero-order valence-electron chi connectivity index (χ0n) is 15.8. The highest BCUT2D eigenvalue weighted by atomic mass is 32.2. The zero-order valence-corrected chi connectivity index (χ0v) is 19.1. The first-order chi connectivity index (χ1) is 15.3. The molecule has 2 aliphatic rings. The Balaban J connectivity index is 1.83. The van der Waals surface area contributed by atoms with Crippen LogP contribution in [0.5, 0.6) is 0 Å². The smallest absolute Gasteiger partial charge is 0.442 e. The number of hydrogen-bond acceptors (Lipinski definition) is 11. The highest BCUT2D eigenvalue weighted by Gasteiger charge is 2.55. The van der Waals surface area contributed by atoms with E-state index in [0.717, 1.165) is 16.7 Å². The lowest BCUT2D eigenvalue weighted by Crippen LogP contribution is -2.71. The number of aromatic amines is 1. The molecule has 0 aromatic carbocycles. The fourth-order valence-corrected chi connectivity index (χ4v) is 7.05. The Labute approximate surface area is 195 Å². The van der Waals surface area contributed by atoms with Gasteiger partial charge >= 0.3 is 11.5 Å². The van der Waals surface area contributed by atoms with Crippen LogP contribution in [0.2, 0.25) is 0 Å². The molecule has 1 fully saturated rings. The number of alkyl halides is 3. The van der Waals surface area contributed by atoms with Crippen molar-refractivity contribution in [3.63, 3.8) is 0 Å². The third-order valence-electron chi connectivity index (χ3n) is 4.21. The molecular formula is C13H13F3N6O7S4. The number of carboxylic acid groups (broad SMARTS) is 1. The number of carbonyl (C=O) groups excluding carboxylic acids is 2. The van der Waals surface area contributed by atoms with Crippen molar-refractivity contribution in [1.29, 1.82) is 0 Å². The number of rotatable bonds is 9. The number of hydrogen-bond donors (Lipinski definition) is 4. The average Bonchev–Trinajstić information content (AvgIpc) is 3.20. The van der Waals surface area contributed by atoms with Crippen LogP contribution in [0.1, 0.15) is 0 Å².